The van der Waals surface area contributed by atoms with Gasteiger partial charge in [-0.15, -0.1) is 0 Å². The number of likely N-dealkylation sites (N-methyl/N-ethyl adjacent to an activating group) is 1. The molecule has 52 valence electrons. The number of ketones is 1. The summed E-state index contributed by atoms with van der Waals surface area (Å²) < 4.78 is 0. The quantitative estimate of drug-likeness (QED) is 0.459. The molecule has 0 spiro atoms. The van der Waals surface area contributed by atoms with E-state index in [9.17, 15) is 9.59 Å². The van der Waals surface area contributed by atoms with Crippen molar-refractivity contribution in [3.05, 3.63) is 0 Å². The van der Waals surface area contributed by atoms with Crippen molar-refractivity contribution in [2.45, 2.75) is 0 Å². The van der Waals surface area contributed by atoms with Crippen LogP contribution in [0.1, 0.15) is 0 Å². The third kappa shape index (κ3) is 2.60. The van der Waals surface area contributed by atoms with Gasteiger partial charge in [0.1, 0.15) is 0 Å². The fourth-order valence-corrected chi connectivity index (χ4v) is 0.546. The van der Waals surface area contributed by atoms with Crippen molar-refractivity contribution in [3.63, 3.8) is 0 Å². The number of hydrogen-bond donors (Lipinski definition) is 0. The largest absolute Gasteiger partial charge is 0.342 e. The zero-order valence-corrected chi connectivity index (χ0v) is 6.93. The predicted octanol–water partition coefficient (Wildman–Crippen LogP) is 0.0386. The number of hydrogen-bond acceptors (Lipinski definition) is 2. The molecule has 0 heterocycles. The van der Waals surface area contributed by atoms with Crippen LogP contribution in [0.15, 0.2) is 0 Å². The van der Waals surface area contributed by atoms with Crippen LogP contribution < -0.4 is 0 Å². The average Bonchev–Trinajstić information content (AvgIpc) is 1.84. The summed E-state index contributed by atoms with van der Waals surface area (Å²) >= 11 is 2.89. The molecule has 0 aromatic carbocycles. The maximum atomic E-state index is 10.6. The Labute approximate surface area is 62.1 Å². The molecular weight excluding hydrogens is 186 g/mol. The normalized spacial score (nSPS) is 8.78. The number of carbonyl (C=O) groups is 2. The molecule has 0 unspecified atom stereocenters. The molecule has 0 aliphatic rings. The SMILES string of the molecule is CN(C)C(=O)C(=O)CBr. The summed E-state index contributed by atoms with van der Waals surface area (Å²) in [4.78, 5) is 22.4. The highest BCUT2D eigenvalue weighted by molar-refractivity contribution is 9.09. The minimum atomic E-state index is -0.466. The Balaban J connectivity index is 3.89. The van der Waals surface area contributed by atoms with Gasteiger partial charge in [-0.3, -0.25) is 9.59 Å². The van der Waals surface area contributed by atoms with Crippen molar-refractivity contribution in [2.24, 2.45) is 0 Å². The van der Waals surface area contributed by atoms with Gasteiger partial charge in [-0.2, -0.15) is 0 Å². The van der Waals surface area contributed by atoms with Crippen LogP contribution in [-0.4, -0.2) is 36.0 Å². The van der Waals surface area contributed by atoms with Crippen LogP contribution in [0.5, 0.6) is 0 Å². The number of amides is 1. The molecule has 0 aromatic heterocycles. The molecule has 0 fully saturated rings. The first-order valence-corrected chi connectivity index (χ1v) is 3.52. The molecule has 1 amide bonds. The minimum absolute atomic E-state index is 0.101. The Morgan fingerprint density at radius 1 is 1.44 bits per heavy atom. The Morgan fingerprint density at radius 3 is 2.00 bits per heavy atom. The van der Waals surface area contributed by atoms with E-state index in [0.717, 1.165) is 0 Å². The lowest BCUT2D eigenvalue weighted by molar-refractivity contribution is -0.141. The third-order valence-corrected chi connectivity index (χ3v) is 1.28. The summed E-state index contributed by atoms with van der Waals surface area (Å²) in [6, 6.07) is 0. The van der Waals surface area contributed by atoms with E-state index in [-0.39, 0.29) is 5.33 Å². The van der Waals surface area contributed by atoms with E-state index in [1.165, 1.54) is 4.90 Å². The van der Waals surface area contributed by atoms with E-state index < -0.39 is 11.7 Å². The zero-order chi connectivity index (χ0) is 7.44. The number of halogens is 1. The number of carbonyl (C=O) groups excluding carboxylic acids is 2. The number of alkyl halides is 1. The zero-order valence-electron chi connectivity index (χ0n) is 5.35. The fourth-order valence-electron chi connectivity index (χ4n) is 0.307. The lowest BCUT2D eigenvalue weighted by Gasteiger charge is -2.05. The van der Waals surface area contributed by atoms with E-state index in [2.05, 4.69) is 15.9 Å². The molecule has 0 radical (unpaired) electrons. The van der Waals surface area contributed by atoms with Gasteiger partial charge in [0.2, 0.25) is 5.78 Å². The van der Waals surface area contributed by atoms with Crippen molar-refractivity contribution < 1.29 is 9.59 Å². The molecule has 0 bridgehead atoms. The van der Waals surface area contributed by atoms with Gasteiger partial charge in [0.15, 0.2) is 0 Å². The van der Waals surface area contributed by atoms with E-state index in [1.54, 1.807) is 14.1 Å². The fraction of sp³-hybridized carbons (Fsp3) is 0.600. The van der Waals surface area contributed by atoms with Crippen molar-refractivity contribution >= 4 is 27.6 Å². The van der Waals surface area contributed by atoms with Gasteiger partial charge in [-0.05, 0) is 0 Å². The van der Waals surface area contributed by atoms with Crippen molar-refractivity contribution in [3.8, 4) is 0 Å². The van der Waals surface area contributed by atoms with Gasteiger partial charge in [0, 0.05) is 14.1 Å². The molecule has 0 N–H and O–H groups in total. The molecule has 4 heteroatoms. The number of Topliss-reactive ketones (excluding diaryl/α,β-unsaturated/α-hetero) is 1. The Hall–Kier alpha value is -0.380. The van der Waals surface area contributed by atoms with Gasteiger partial charge in [0.25, 0.3) is 5.91 Å². The second-order valence-electron chi connectivity index (χ2n) is 1.76. The van der Waals surface area contributed by atoms with Gasteiger partial charge in [0.05, 0.1) is 5.33 Å². The van der Waals surface area contributed by atoms with Crippen molar-refractivity contribution in [2.75, 3.05) is 19.4 Å². The molecule has 0 rings (SSSR count). The monoisotopic (exact) mass is 193 g/mol. The molecule has 0 atom stereocenters. The summed E-state index contributed by atoms with van der Waals surface area (Å²) in [6.45, 7) is 0. The smallest absolute Gasteiger partial charge is 0.290 e. The van der Waals surface area contributed by atoms with Gasteiger partial charge < -0.3 is 4.90 Å². The second kappa shape index (κ2) is 3.61. The molecule has 0 saturated heterocycles. The highest BCUT2D eigenvalue weighted by Gasteiger charge is 2.12. The van der Waals surface area contributed by atoms with Gasteiger partial charge >= 0.3 is 0 Å². The summed E-state index contributed by atoms with van der Waals surface area (Å²) in [5, 5.41) is 0.101. The Morgan fingerprint density at radius 2 is 1.89 bits per heavy atom. The van der Waals surface area contributed by atoms with E-state index in [1.807, 2.05) is 0 Å². The maximum absolute atomic E-state index is 10.6. The first kappa shape index (κ1) is 8.62. The molecule has 0 aromatic rings. The van der Waals surface area contributed by atoms with Crippen LogP contribution in [0.25, 0.3) is 0 Å². The van der Waals surface area contributed by atoms with Crippen LogP contribution in [0, 0.1) is 0 Å². The highest BCUT2D eigenvalue weighted by Crippen LogP contribution is 1.86. The molecule has 0 aliphatic carbocycles. The van der Waals surface area contributed by atoms with Crippen LogP contribution in [0.3, 0.4) is 0 Å². The van der Waals surface area contributed by atoms with Crippen LogP contribution in [-0.2, 0) is 9.59 Å². The molecular formula is C5H8BrNO2. The summed E-state index contributed by atoms with van der Waals surface area (Å²) in [6.07, 6.45) is 0. The predicted molar refractivity (Wildman–Crippen MR) is 37.5 cm³/mol. The van der Waals surface area contributed by atoms with Crippen LogP contribution >= 0.6 is 15.9 Å². The Bertz CT molecular complexity index is 133. The second-order valence-corrected chi connectivity index (χ2v) is 2.32. The minimum Gasteiger partial charge on any atom is -0.342 e. The number of nitrogens with zero attached hydrogens (tertiary/aromatic N) is 1. The van der Waals surface area contributed by atoms with Crippen molar-refractivity contribution in [1.29, 1.82) is 0 Å². The molecule has 0 aliphatic heterocycles. The molecule has 0 saturated carbocycles. The summed E-state index contributed by atoms with van der Waals surface area (Å²) in [7, 11) is 3.09. The topological polar surface area (TPSA) is 37.4 Å². The first-order valence-electron chi connectivity index (χ1n) is 2.40. The van der Waals surface area contributed by atoms with Gasteiger partial charge in [-0.1, -0.05) is 15.9 Å². The maximum Gasteiger partial charge on any atom is 0.290 e. The lowest BCUT2D eigenvalue weighted by Crippen LogP contribution is -2.30. The van der Waals surface area contributed by atoms with E-state index in [0.29, 0.717) is 0 Å². The highest BCUT2D eigenvalue weighted by atomic mass is 79.9. The molecule has 9 heavy (non-hydrogen) atoms. The third-order valence-electron chi connectivity index (χ3n) is 0.766. The van der Waals surface area contributed by atoms with Gasteiger partial charge in [-0.25, -0.2) is 0 Å². The number of rotatable bonds is 2. The van der Waals surface area contributed by atoms with Crippen molar-refractivity contribution in [1.82, 2.24) is 4.90 Å². The van der Waals surface area contributed by atoms with Crippen LogP contribution in [0.4, 0.5) is 0 Å². The standard InChI is InChI=1S/C5H8BrNO2/c1-7(2)5(9)4(8)3-6/h3H2,1-2H3. The van der Waals surface area contributed by atoms with Crippen LogP contribution in [0.2, 0.25) is 0 Å². The summed E-state index contributed by atoms with van der Waals surface area (Å²) in [5.41, 5.74) is 0. The van der Waals surface area contributed by atoms with E-state index in [4.69, 9.17) is 0 Å². The summed E-state index contributed by atoms with van der Waals surface area (Å²) in [5.74, 6) is -0.883. The Kier molecular flexibility index (Phi) is 3.46. The first-order chi connectivity index (χ1) is 4.09. The average molecular weight is 194 g/mol. The van der Waals surface area contributed by atoms with E-state index >= 15 is 0 Å². The molecule has 3 nitrogen and oxygen atoms in total. The lowest BCUT2D eigenvalue weighted by atomic mass is 10.4.